The van der Waals surface area contributed by atoms with Crippen LogP contribution in [0.2, 0.25) is 0 Å². The first-order valence-corrected chi connectivity index (χ1v) is 5.47. The maximum atomic E-state index is 13.6. The third-order valence-corrected chi connectivity index (χ3v) is 2.44. The number of amides is 1. The van der Waals surface area contributed by atoms with E-state index in [2.05, 4.69) is 5.32 Å². The molecule has 0 aliphatic rings. The van der Waals surface area contributed by atoms with Crippen LogP contribution in [0.4, 0.5) is 4.39 Å². The van der Waals surface area contributed by atoms with Gasteiger partial charge in [-0.05, 0) is 12.1 Å². The van der Waals surface area contributed by atoms with Gasteiger partial charge in [0.15, 0.2) is 0 Å². The minimum atomic E-state index is -1.30. The lowest BCUT2D eigenvalue weighted by Crippen LogP contribution is -2.41. The molecule has 0 fully saturated rings. The van der Waals surface area contributed by atoms with E-state index >= 15 is 0 Å². The van der Waals surface area contributed by atoms with Crippen molar-refractivity contribution in [3.05, 3.63) is 29.6 Å². The molecule has 19 heavy (non-hydrogen) atoms. The van der Waals surface area contributed by atoms with Gasteiger partial charge in [0.05, 0.1) is 12.7 Å². The second kappa shape index (κ2) is 6.69. The van der Waals surface area contributed by atoms with Crippen molar-refractivity contribution in [1.82, 2.24) is 5.32 Å². The molecular formula is C12H14FNO5. The molecular weight excluding hydrogens is 257 g/mol. The van der Waals surface area contributed by atoms with Crippen LogP contribution in [-0.4, -0.2) is 41.8 Å². The zero-order valence-corrected chi connectivity index (χ0v) is 10.2. The Morgan fingerprint density at radius 1 is 1.47 bits per heavy atom. The summed E-state index contributed by atoms with van der Waals surface area (Å²) in [5.41, 5.74) is -0.287. The number of rotatable bonds is 6. The fraction of sp³-hybridized carbons (Fsp3) is 0.333. The summed E-state index contributed by atoms with van der Waals surface area (Å²) in [4.78, 5) is 22.5. The van der Waals surface area contributed by atoms with Crippen molar-refractivity contribution < 1.29 is 28.9 Å². The summed E-state index contributed by atoms with van der Waals surface area (Å²) < 4.78 is 18.4. The normalized spacial score (nSPS) is 11.7. The van der Waals surface area contributed by atoms with Gasteiger partial charge < -0.3 is 20.3 Å². The summed E-state index contributed by atoms with van der Waals surface area (Å²) >= 11 is 0. The molecule has 6 nitrogen and oxygen atoms in total. The van der Waals surface area contributed by atoms with Crippen LogP contribution in [-0.2, 0) is 4.79 Å². The Morgan fingerprint density at radius 3 is 2.63 bits per heavy atom. The summed E-state index contributed by atoms with van der Waals surface area (Å²) in [5.74, 6) is -2.72. The van der Waals surface area contributed by atoms with E-state index in [-0.39, 0.29) is 17.7 Å². The molecule has 0 aliphatic carbocycles. The Hall–Kier alpha value is -2.15. The van der Waals surface area contributed by atoms with Gasteiger partial charge in [0, 0.05) is 19.1 Å². The number of carbonyl (C=O) groups is 2. The number of aliphatic hydroxyl groups excluding tert-OH is 1. The van der Waals surface area contributed by atoms with Crippen molar-refractivity contribution >= 4 is 11.9 Å². The van der Waals surface area contributed by atoms with Gasteiger partial charge in [-0.15, -0.1) is 0 Å². The number of nitrogens with one attached hydrogen (secondary N) is 1. The van der Waals surface area contributed by atoms with Gasteiger partial charge in [-0.3, -0.25) is 4.79 Å². The average molecular weight is 271 g/mol. The van der Waals surface area contributed by atoms with E-state index in [4.69, 9.17) is 14.9 Å². The van der Waals surface area contributed by atoms with E-state index in [1.807, 2.05) is 0 Å². The molecule has 7 heteroatoms. The van der Waals surface area contributed by atoms with E-state index in [0.717, 1.165) is 6.07 Å². The highest BCUT2D eigenvalue weighted by Crippen LogP contribution is 2.16. The fourth-order valence-electron chi connectivity index (χ4n) is 1.43. The first kappa shape index (κ1) is 14.9. The van der Waals surface area contributed by atoms with E-state index in [0.29, 0.717) is 0 Å². The van der Waals surface area contributed by atoms with Crippen LogP contribution < -0.4 is 10.1 Å². The van der Waals surface area contributed by atoms with E-state index in [1.165, 1.54) is 19.2 Å². The molecule has 0 bridgehead atoms. The quantitative estimate of drug-likeness (QED) is 0.696. The number of hydrogen-bond donors (Lipinski definition) is 3. The smallest absolute Gasteiger partial charge is 0.326 e. The van der Waals surface area contributed by atoms with Gasteiger partial charge in [-0.25, -0.2) is 9.18 Å². The minimum Gasteiger partial charge on any atom is -0.497 e. The molecule has 104 valence electrons. The van der Waals surface area contributed by atoms with Crippen LogP contribution in [0.25, 0.3) is 0 Å². The van der Waals surface area contributed by atoms with Crippen LogP contribution >= 0.6 is 0 Å². The monoisotopic (exact) mass is 271 g/mol. The third-order valence-electron chi connectivity index (χ3n) is 2.44. The average Bonchev–Trinajstić information content (AvgIpc) is 2.37. The lowest BCUT2D eigenvalue weighted by molar-refractivity contribution is -0.139. The van der Waals surface area contributed by atoms with Crippen molar-refractivity contribution in [2.45, 2.75) is 12.5 Å². The van der Waals surface area contributed by atoms with Crippen molar-refractivity contribution in [1.29, 1.82) is 0 Å². The maximum absolute atomic E-state index is 13.6. The van der Waals surface area contributed by atoms with Gasteiger partial charge in [-0.1, -0.05) is 0 Å². The Balaban J connectivity index is 2.85. The molecule has 1 aromatic rings. The van der Waals surface area contributed by atoms with Crippen molar-refractivity contribution in [2.75, 3.05) is 13.7 Å². The molecule has 0 saturated heterocycles. The first-order valence-electron chi connectivity index (χ1n) is 5.47. The molecule has 0 saturated carbocycles. The van der Waals surface area contributed by atoms with Gasteiger partial charge in [0.1, 0.15) is 17.6 Å². The molecule has 1 amide bonds. The Kier molecular flexibility index (Phi) is 5.25. The first-order chi connectivity index (χ1) is 8.99. The Labute approximate surface area is 108 Å². The molecule has 0 spiro atoms. The van der Waals surface area contributed by atoms with E-state index in [1.54, 1.807) is 0 Å². The molecule has 0 aliphatic heterocycles. The highest BCUT2D eigenvalue weighted by Gasteiger charge is 2.21. The molecule has 0 unspecified atom stereocenters. The van der Waals surface area contributed by atoms with Gasteiger partial charge in [-0.2, -0.15) is 0 Å². The predicted molar refractivity (Wildman–Crippen MR) is 63.5 cm³/mol. The zero-order chi connectivity index (χ0) is 14.4. The van der Waals surface area contributed by atoms with Gasteiger partial charge >= 0.3 is 5.97 Å². The number of ether oxygens (including phenoxy) is 1. The lowest BCUT2D eigenvalue weighted by atomic mass is 10.1. The number of aliphatic hydroxyl groups is 1. The number of carboxylic acids is 1. The van der Waals surface area contributed by atoms with E-state index in [9.17, 15) is 14.0 Å². The van der Waals surface area contributed by atoms with Crippen molar-refractivity contribution in [2.24, 2.45) is 0 Å². The Bertz CT molecular complexity index is 477. The minimum absolute atomic E-state index is 0.154. The van der Waals surface area contributed by atoms with Crippen molar-refractivity contribution in [3.8, 4) is 5.75 Å². The molecule has 3 N–H and O–H groups in total. The van der Waals surface area contributed by atoms with Crippen LogP contribution in [0.3, 0.4) is 0 Å². The van der Waals surface area contributed by atoms with Crippen LogP contribution in [0.1, 0.15) is 16.8 Å². The number of hydrogen-bond acceptors (Lipinski definition) is 4. The zero-order valence-electron chi connectivity index (χ0n) is 10.2. The Morgan fingerprint density at radius 2 is 2.16 bits per heavy atom. The highest BCUT2D eigenvalue weighted by atomic mass is 19.1. The fourth-order valence-corrected chi connectivity index (χ4v) is 1.43. The number of aliphatic carboxylic acids is 1. The standard InChI is InChI=1S/C12H14FNO5/c1-19-7-2-3-8(9(13)6-7)11(16)14-10(4-5-15)12(17)18/h2-3,6,10,15H,4-5H2,1H3,(H,14,16)(H,17,18)/t10-/m0/s1. The summed E-state index contributed by atoms with van der Waals surface area (Å²) in [5, 5.41) is 19.6. The second-order valence-electron chi connectivity index (χ2n) is 3.72. The van der Waals surface area contributed by atoms with Crippen LogP contribution in [0.5, 0.6) is 5.75 Å². The molecule has 0 aromatic heterocycles. The van der Waals surface area contributed by atoms with Crippen LogP contribution in [0.15, 0.2) is 18.2 Å². The summed E-state index contributed by atoms with van der Waals surface area (Å²) in [6, 6.07) is 2.34. The number of carbonyl (C=O) groups excluding carboxylic acids is 1. The lowest BCUT2D eigenvalue weighted by Gasteiger charge is -2.13. The molecule has 1 aromatic carbocycles. The molecule has 0 heterocycles. The summed E-state index contributed by atoms with van der Waals surface area (Å²) in [6.07, 6.45) is -0.154. The number of methoxy groups -OCH3 is 1. The summed E-state index contributed by atoms with van der Waals surface area (Å²) in [7, 11) is 1.36. The maximum Gasteiger partial charge on any atom is 0.326 e. The van der Waals surface area contributed by atoms with Crippen LogP contribution in [0, 0.1) is 5.82 Å². The summed E-state index contributed by atoms with van der Waals surface area (Å²) in [6.45, 7) is -0.400. The number of carboxylic acid groups (broad SMARTS) is 1. The SMILES string of the molecule is COc1ccc(C(=O)N[C@@H](CCO)C(=O)O)c(F)c1. The van der Waals surface area contributed by atoms with E-state index < -0.39 is 30.3 Å². The predicted octanol–water partition coefficient (Wildman–Crippen LogP) is 0.400. The second-order valence-corrected chi connectivity index (χ2v) is 3.72. The van der Waals surface area contributed by atoms with Gasteiger partial charge in [0.2, 0.25) is 0 Å². The number of halogens is 1. The molecule has 1 atom stereocenters. The molecule has 1 rings (SSSR count). The molecule has 0 radical (unpaired) electrons. The van der Waals surface area contributed by atoms with Crippen molar-refractivity contribution in [3.63, 3.8) is 0 Å². The topological polar surface area (TPSA) is 95.9 Å². The van der Waals surface area contributed by atoms with Gasteiger partial charge in [0.25, 0.3) is 5.91 Å². The largest absolute Gasteiger partial charge is 0.497 e. The highest BCUT2D eigenvalue weighted by molar-refractivity contribution is 5.96. The third kappa shape index (κ3) is 3.92. The number of benzene rings is 1.